The maximum absolute atomic E-state index is 5.51. The maximum atomic E-state index is 5.51. The minimum absolute atomic E-state index is 0.885. The molecule has 1 aliphatic carbocycles. The molecule has 0 fully saturated rings. The van der Waals surface area contributed by atoms with Gasteiger partial charge in [-0.15, -0.1) is 0 Å². The zero-order valence-electron chi connectivity index (χ0n) is 41.4. The summed E-state index contributed by atoms with van der Waals surface area (Å²) in [6.45, 7) is 21.5. The van der Waals surface area contributed by atoms with Gasteiger partial charge in [0.2, 0.25) is 0 Å². The van der Waals surface area contributed by atoms with Crippen LogP contribution in [0.15, 0.2) is 193 Å². The minimum atomic E-state index is 0.885. The lowest BCUT2D eigenvalue weighted by Gasteiger charge is -2.19. The molecule has 336 valence electrons. The molecule has 9 rings (SSSR count). The third-order valence-electron chi connectivity index (χ3n) is 11.6. The van der Waals surface area contributed by atoms with E-state index in [0.717, 1.165) is 23.4 Å². The molecule has 1 heteroatoms. The van der Waals surface area contributed by atoms with E-state index in [4.69, 9.17) is 4.99 Å². The number of aliphatic imine (C=N–C) groups is 1. The Kier molecular flexibility index (Phi) is 17.8. The highest BCUT2D eigenvalue weighted by atomic mass is 14.8. The number of benzene rings is 8. The molecule has 0 saturated heterocycles. The van der Waals surface area contributed by atoms with E-state index in [-0.39, 0.29) is 0 Å². The van der Waals surface area contributed by atoms with Crippen LogP contribution in [0.1, 0.15) is 80.1 Å². The van der Waals surface area contributed by atoms with Crippen molar-refractivity contribution in [1.82, 2.24) is 0 Å². The van der Waals surface area contributed by atoms with Crippen molar-refractivity contribution < 1.29 is 0 Å². The Balaban J connectivity index is 0.000000286. The van der Waals surface area contributed by atoms with Crippen LogP contribution in [-0.2, 0) is 0 Å². The molecule has 0 bridgehead atoms. The summed E-state index contributed by atoms with van der Waals surface area (Å²) in [5, 5.41) is 2.53. The first-order valence-corrected chi connectivity index (χ1v) is 23.5. The smallest absolute Gasteiger partial charge is 0.0753 e. The van der Waals surface area contributed by atoms with Gasteiger partial charge in [-0.25, -0.2) is 0 Å². The van der Waals surface area contributed by atoms with Gasteiger partial charge in [-0.05, 0) is 125 Å². The topological polar surface area (TPSA) is 12.4 Å². The van der Waals surface area contributed by atoms with Gasteiger partial charge in [0.15, 0.2) is 0 Å². The molecule has 0 amide bonds. The van der Waals surface area contributed by atoms with Crippen molar-refractivity contribution in [2.24, 2.45) is 4.99 Å². The number of aryl methyl sites for hydroxylation is 8. The molecular formula is C66H67N. The van der Waals surface area contributed by atoms with Crippen LogP contribution < -0.4 is 10.4 Å². The zero-order valence-corrected chi connectivity index (χ0v) is 41.4. The van der Waals surface area contributed by atoms with Crippen molar-refractivity contribution in [3.05, 3.63) is 265 Å². The molecule has 0 N–H and O–H groups in total. The fourth-order valence-corrected chi connectivity index (χ4v) is 8.30. The van der Waals surface area contributed by atoms with Gasteiger partial charge in [0.05, 0.1) is 5.69 Å². The van der Waals surface area contributed by atoms with Gasteiger partial charge in [0.25, 0.3) is 0 Å². The molecule has 0 radical (unpaired) electrons. The molecule has 67 heavy (non-hydrogen) atoms. The van der Waals surface area contributed by atoms with Gasteiger partial charge >= 0.3 is 0 Å². The molecule has 0 saturated carbocycles. The Bertz CT molecular complexity index is 2950. The molecule has 0 spiro atoms. The van der Waals surface area contributed by atoms with Crippen LogP contribution >= 0.6 is 0 Å². The molecule has 0 heterocycles. The first kappa shape index (κ1) is 49.1. The summed E-state index contributed by atoms with van der Waals surface area (Å²) in [6.07, 6.45) is 14.4. The van der Waals surface area contributed by atoms with E-state index in [9.17, 15) is 0 Å². The van der Waals surface area contributed by atoms with Gasteiger partial charge < -0.3 is 0 Å². The average Bonchev–Trinajstić information content (AvgIpc) is 3.56. The second-order valence-electron chi connectivity index (χ2n) is 17.9. The van der Waals surface area contributed by atoms with E-state index in [1.807, 2.05) is 54.6 Å². The zero-order chi connectivity index (χ0) is 47.7. The first-order valence-electron chi connectivity index (χ1n) is 23.5. The summed E-state index contributed by atoms with van der Waals surface area (Å²) < 4.78 is 0. The predicted molar refractivity (Wildman–Crippen MR) is 295 cm³/mol. The monoisotopic (exact) mass is 874 g/mol. The third-order valence-corrected chi connectivity index (χ3v) is 11.6. The Morgan fingerprint density at radius 2 is 0.821 bits per heavy atom. The molecule has 1 nitrogen and oxygen atoms in total. The quantitative estimate of drug-likeness (QED) is 0.117. The second-order valence-corrected chi connectivity index (χ2v) is 17.9. The van der Waals surface area contributed by atoms with E-state index in [2.05, 4.69) is 227 Å². The highest BCUT2D eigenvalue weighted by molar-refractivity contribution is 6.02. The molecule has 0 aliphatic heterocycles. The van der Waals surface area contributed by atoms with E-state index in [0.29, 0.717) is 0 Å². The minimum Gasteiger partial charge on any atom is -0.252 e. The summed E-state index contributed by atoms with van der Waals surface area (Å²) in [5.74, 6) is 0. The first-order chi connectivity index (χ1) is 32.3. The molecule has 1 aliphatic rings. The molecule has 8 aromatic rings. The van der Waals surface area contributed by atoms with Crippen molar-refractivity contribution in [3.63, 3.8) is 0 Å². The number of rotatable bonds is 6. The number of fused-ring (bicyclic) bond motifs is 1. The second kappa shape index (κ2) is 24.3. The number of hydrogen-bond donors (Lipinski definition) is 0. The van der Waals surface area contributed by atoms with Gasteiger partial charge in [-0.2, -0.15) is 0 Å². The number of allylic oxidation sites excluding steroid dienone is 2. The van der Waals surface area contributed by atoms with E-state index in [1.165, 1.54) is 93.9 Å². The largest absolute Gasteiger partial charge is 0.252 e. The van der Waals surface area contributed by atoms with Gasteiger partial charge in [-0.3, -0.25) is 4.99 Å². The Morgan fingerprint density at radius 3 is 1.24 bits per heavy atom. The molecule has 8 aromatic carbocycles. The van der Waals surface area contributed by atoms with Crippen LogP contribution in [-0.4, -0.2) is 5.71 Å². The van der Waals surface area contributed by atoms with E-state index < -0.39 is 0 Å². The van der Waals surface area contributed by atoms with Crippen molar-refractivity contribution in [1.29, 1.82) is 0 Å². The van der Waals surface area contributed by atoms with E-state index >= 15 is 0 Å². The van der Waals surface area contributed by atoms with Crippen molar-refractivity contribution in [3.8, 4) is 22.3 Å². The van der Waals surface area contributed by atoms with Crippen molar-refractivity contribution in [2.45, 2.75) is 75.7 Å². The van der Waals surface area contributed by atoms with E-state index in [1.54, 1.807) is 0 Å². The molecule has 0 unspecified atom stereocenters. The lowest BCUT2D eigenvalue weighted by atomic mass is 9.87. The van der Waals surface area contributed by atoms with Gasteiger partial charge in [0.1, 0.15) is 0 Å². The third kappa shape index (κ3) is 14.6. The molecule has 0 aromatic heterocycles. The Labute approximate surface area is 402 Å². The summed E-state index contributed by atoms with van der Waals surface area (Å²) in [6, 6.07) is 61.9. The fourth-order valence-electron chi connectivity index (χ4n) is 8.30. The highest BCUT2D eigenvalue weighted by Crippen LogP contribution is 2.37. The highest BCUT2D eigenvalue weighted by Gasteiger charge is 2.19. The standard InChI is InChI=1S/C45H43N.3C7H8/c1-29-13-15-36(16-14-29)17-18-37-19-21-38(22-20-37)35(7)46-45-34(6)43(39-25-30(2)23-31(3)26-39)41-11-9-8-10-12-42(41)44(45)40-27-32(4)24-33(5)28-40;3*1-7-5-3-2-4-6-7/h8-9,11-28H,10H2,1-7H3;3*2-6H,1H3/b18-17+,46-35?;;;. The molecule has 0 atom stereocenters. The average molecular weight is 874 g/mol. The SMILES string of the molecule is CC(=Nc1c(C)c(-c2cc(C)cc(C)c2)c2c(c1-c1cc(C)cc(C)c1)=CCC=CC=2)c1ccc(/C=C/c2ccc(C)cc2)cc1.Cc1ccccc1.Cc1ccccc1.Cc1ccccc1. The van der Waals surface area contributed by atoms with Crippen LogP contribution in [0.4, 0.5) is 5.69 Å². The van der Waals surface area contributed by atoms with Crippen LogP contribution in [0.5, 0.6) is 0 Å². The van der Waals surface area contributed by atoms with Crippen LogP contribution in [0, 0.1) is 62.3 Å². The van der Waals surface area contributed by atoms with Crippen molar-refractivity contribution in [2.75, 3.05) is 0 Å². The van der Waals surface area contributed by atoms with Crippen molar-refractivity contribution >= 4 is 35.7 Å². The lowest BCUT2D eigenvalue weighted by Crippen LogP contribution is -2.30. The summed E-state index contributed by atoms with van der Waals surface area (Å²) in [5.41, 5.74) is 22.0. The fraction of sp³-hybridized carbons (Fsp3) is 0.167. The summed E-state index contributed by atoms with van der Waals surface area (Å²) in [7, 11) is 0. The van der Waals surface area contributed by atoms with Gasteiger partial charge in [0, 0.05) is 11.3 Å². The normalized spacial score (nSPS) is 11.6. The summed E-state index contributed by atoms with van der Waals surface area (Å²) in [4.78, 5) is 5.51. The Hall–Kier alpha value is -7.35. The van der Waals surface area contributed by atoms with Crippen LogP contribution in [0.3, 0.4) is 0 Å². The Morgan fingerprint density at radius 1 is 0.418 bits per heavy atom. The van der Waals surface area contributed by atoms with Gasteiger partial charge in [-0.1, -0.05) is 257 Å². The summed E-state index contributed by atoms with van der Waals surface area (Å²) >= 11 is 0. The van der Waals surface area contributed by atoms with Crippen LogP contribution in [0.2, 0.25) is 0 Å². The maximum Gasteiger partial charge on any atom is 0.0753 e. The predicted octanol–water partition coefficient (Wildman–Crippen LogP) is 16.7. The number of nitrogens with zero attached hydrogens (tertiary/aromatic N) is 1. The van der Waals surface area contributed by atoms with Crippen LogP contribution in [0.25, 0.3) is 46.6 Å². The number of hydrogen-bond acceptors (Lipinski definition) is 1. The molecular weight excluding hydrogens is 807 g/mol. The lowest BCUT2D eigenvalue weighted by molar-refractivity contribution is 1.31.